The zero-order valence-electron chi connectivity index (χ0n) is 8.33. The zero-order chi connectivity index (χ0) is 10.0. The summed E-state index contributed by atoms with van der Waals surface area (Å²) in [6, 6.07) is 0.673. The summed E-state index contributed by atoms with van der Waals surface area (Å²) >= 11 is 0. The van der Waals surface area contributed by atoms with Crippen LogP contribution in [0.4, 0.5) is 0 Å². The standard InChI is InChI=1S/C9H18N2O2S/c12-14(13)5-1-2-9(7-14)11-8-3-4-10-6-8/h8-11H,1-7H2. The molecular formula is C9H18N2O2S. The Hall–Kier alpha value is -0.130. The predicted molar refractivity (Wildman–Crippen MR) is 56.1 cm³/mol. The second-order valence-electron chi connectivity index (χ2n) is 4.31. The molecule has 0 bridgehead atoms. The molecule has 2 atom stereocenters. The van der Waals surface area contributed by atoms with E-state index < -0.39 is 9.84 Å². The van der Waals surface area contributed by atoms with Crippen molar-refractivity contribution in [2.75, 3.05) is 24.6 Å². The van der Waals surface area contributed by atoms with Crippen LogP contribution in [-0.4, -0.2) is 45.1 Å². The van der Waals surface area contributed by atoms with E-state index in [4.69, 9.17) is 0 Å². The van der Waals surface area contributed by atoms with Crippen molar-refractivity contribution in [1.29, 1.82) is 0 Å². The first kappa shape index (κ1) is 10.4. The van der Waals surface area contributed by atoms with Crippen molar-refractivity contribution in [3.63, 3.8) is 0 Å². The molecule has 2 rings (SSSR count). The topological polar surface area (TPSA) is 58.2 Å². The molecule has 0 aromatic heterocycles. The number of hydrogen-bond acceptors (Lipinski definition) is 4. The van der Waals surface area contributed by atoms with Crippen LogP contribution in [0.2, 0.25) is 0 Å². The minimum absolute atomic E-state index is 0.193. The third kappa shape index (κ3) is 2.68. The monoisotopic (exact) mass is 218 g/mol. The Bertz CT molecular complexity index is 283. The molecule has 0 aromatic rings. The summed E-state index contributed by atoms with van der Waals surface area (Å²) < 4.78 is 22.8. The van der Waals surface area contributed by atoms with E-state index in [-0.39, 0.29) is 6.04 Å². The Morgan fingerprint density at radius 1 is 1.21 bits per heavy atom. The van der Waals surface area contributed by atoms with Crippen LogP contribution in [0.25, 0.3) is 0 Å². The summed E-state index contributed by atoms with van der Waals surface area (Å²) in [7, 11) is -2.76. The summed E-state index contributed by atoms with van der Waals surface area (Å²) in [4.78, 5) is 0. The van der Waals surface area contributed by atoms with Crippen LogP contribution in [0.15, 0.2) is 0 Å². The van der Waals surface area contributed by atoms with E-state index in [1.165, 1.54) is 0 Å². The Morgan fingerprint density at radius 2 is 2.07 bits per heavy atom. The van der Waals surface area contributed by atoms with Crippen molar-refractivity contribution in [2.24, 2.45) is 0 Å². The minimum atomic E-state index is -2.76. The molecule has 4 nitrogen and oxygen atoms in total. The van der Waals surface area contributed by atoms with Gasteiger partial charge in [0.25, 0.3) is 0 Å². The van der Waals surface area contributed by atoms with Crippen LogP contribution in [0.5, 0.6) is 0 Å². The van der Waals surface area contributed by atoms with Crippen molar-refractivity contribution in [3.05, 3.63) is 0 Å². The second kappa shape index (κ2) is 4.16. The van der Waals surface area contributed by atoms with E-state index in [0.29, 0.717) is 17.5 Å². The highest BCUT2D eigenvalue weighted by Gasteiger charge is 2.27. The average Bonchev–Trinajstić information content (AvgIpc) is 2.54. The highest BCUT2D eigenvalue weighted by molar-refractivity contribution is 7.91. The van der Waals surface area contributed by atoms with E-state index in [1.807, 2.05) is 0 Å². The van der Waals surface area contributed by atoms with E-state index in [9.17, 15) is 8.42 Å². The summed E-state index contributed by atoms with van der Waals surface area (Å²) in [5, 5.41) is 6.70. The molecule has 2 N–H and O–H groups in total. The first-order chi connectivity index (χ1) is 6.66. The fourth-order valence-electron chi connectivity index (χ4n) is 2.28. The van der Waals surface area contributed by atoms with Crippen LogP contribution in [0.1, 0.15) is 19.3 Å². The Labute approximate surface area is 85.4 Å². The van der Waals surface area contributed by atoms with Gasteiger partial charge in [0, 0.05) is 18.6 Å². The fraction of sp³-hybridized carbons (Fsp3) is 1.00. The van der Waals surface area contributed by atoms with Gasteiger partial charge in [0.15, 0.2) is 9.84 Å². The first-order valence-electron chi connectivity index (χ1n) is 5.33. The highest BCUT2D eigenvalue weighted by Crippen LogP contribution is 2.13. The van der Waals surface area contributed by atoms with Gasteiger partial charge in [-0.15, -0.1) is 0 Å². The van der Waals surface area contributed by atoms with Gasteiger partial charge >= 0.3 is 0 Å². The average molecular weight is 218 g/mol. The number of sulfone groups is 1. The first-order valence-corrected chi connectivity index (χ1v) is 7.15. The molecule has 0 aromatic carbocycles. The maximum Gasteiger partial charge on any atom is 0.151 e. The molecule has 2 heterocycles. The Balaban J connectivity index is 1.85. The van der Waals surface area contributed by atoms with Gasteiger partial charge in [-0.05, 0) is 25.8 Å². The van der Waals surface area contributed by atoms with Gasteiger partial charge in [-0.25, -0.2) is 8.42 Å². The number of nitrogens with one attached hydrogen (secondary N) is 2. The van der Waals surface area contributed by atoms with Crippen molar-refractivity contribution < 1.29 is 8.42 Å². The lowest BCUT2D eigenvalue weighted by molar-refractivity contribution is 0.429. The van der Waals surface area contributed by atoms with Gasteiger partial charge in [-0.3, -0.25) is 0 Å². The lowest BCUT2D eigenvalue weighted by Gasteiger charge is -2.25. The Morgan fingerprint density at radius 3 is 2.71 bits per heavy atom. The van der Waals surface area contributed by atoms with Crippen LogP contribution < -0.4 is 10.6 Å². The molecule has 14 heavy (non-hydrogen) atoms. The normalized spacial score (nSPS) is 37.1. The fourth-order valence-corrected chi connectivity index (χ4v) is 3.93. The SMILES string of the molecule is O=S1(=O)CCCC(NC2CCNC2)C1. The van der Waals surface area contributed by atoms with Crippen LogP contribution >= 0.6 is 0 Å². The van der Waals surface area contributed by atoms with Crippen molar-refractivity contribution in [3.8, 4) is 0 Å². The zero-order valence-corrected chi connectivity index (χ0v) is 9.15. The lowest BCUT2D eigenvalue weighted by atomic mass is 10.1. The third-order valence-electron chi connectivity index (χ3n) is 2.99. The summed E-state index contributed by atoms with van der Waals surface area (Å²) in [6.07, 6.45) is 2.95. The maximum atomic E-state index is 11.4. The molecule has 0 saturated carbocycles. The van der Waals surface area contributed by atoms with Gasteiger partial charge in [0.05, 0.1) is 11.5 Å². The molecule has 0 aliphatic carbocycles. The summed E-state index contributed by atoms with van der Waals surface area (Å²) in [6.45, 7) is 2.04. The smallest absolute Gasteiger partial charge is 0.151 e. The number of hydrogen-bond donors (Lipinski definition) is 2. The molecule has 2 aliphatic rings. The quantitative estimate of drug-likeness (QED) is 0.657. The molecular weight excluding hydrogens is 200 g/mol. The second-order valence-corrected chi connectivity index (χ2v) is 6.54. The lowest BCUT2D eigenvalue weighted by Crippen LogP contribution is -2.45. The molecule has 0 radical (unpaired) electrons. The molecule has 2 aliphatic heterocycles. The van der Waals surface area contributed by atoms with Crippen LogP contribution in [-0.2, 0) is 9.84 Å². The molecule has 2 unspecified atom stereocenters. The van der Waals surface area contributed by atoms with Gasteiger partial charge in [-0.2, -0.15) is 0 Å². The van der Waals surface area contributed by atoms with Crippen LogP contribution in [0, 0.1) is 0 Å². The van der Waals surface area contributed by atoms with Gasteiger partial charge < -0.3 is 10.6 Å². The van der Waals surface area contributed by atoms with Gasteiger partial charge in [-0.1, -0.05) is 0 Å². The van der Waals surface area contributed by atoms with Crippen molar-refractivity contribution in [2.45, 2.75) is 31.3 Å². The van der Waals surface area contributed by atoms with Crippen LogP contribution in [0.3, 0.4) is 0 Å². The molecule has 2 fully saturated rings. The van der Waals surface area contributed by atoms with Crippen molar-refractivity contribution in [1.82, 2.24) is 10.6 Å². The largest absolute Gasteiger partial charge is 0.315 e. The molecule has 82 valence electrons. The molecule has 5 heteroatoms. The van der Waals surface area contributed by atoms with Gasteiger partial charge in [0.2, 0.25) is 0 Å². The number of rotatable bonds is 2. The van der Waals surface area contributed by atoms with E-state index >= 15 is 0 Å². The van der Waals surface area contributed by atoms with Crippen molar-refractivity contribution >= 4 is 9.84 Å². The van der Waals surface area contributed by atoms with E-state index in [0.717, 1.165) is 32.4 Å². The van der Waals surface area contributed by atoms with E-state index in [1.54, 1.807) is 0 Å². The summed E-state index contributed by atoms with van der Waals surface area (Å²) in [5.41, 5.74) is 0. The molecule has 0 spiro atoms. The highest BCUT2D eigenvalue weighted by atomic mass is 32.2. The Kier molecular flexibility index (Phi) is 3.09. The molecule has 0 amide bonds. The predicted octanol–water partition coefficient (Wildman–Crippen LogP) is -0.485. The van der Waals surface area contributed by atoms with E-state index in [2.05, 4.69) is 10.6 Å². The third-order valence-corrected chi connectivity index (χ3v) is 4.82. The molecule has 2 saturated heterocycles. The summed E-state index contributed by atoms with van der Waals surface area (Å²) in [5.74, 6) is 0.720. The van der Waals surface area contributed by atoms with Gasteiger partial charge in [0.1, 0.15) is 0 Å². The minimum Gasteiger partial charge on any atom is -0.315 e. The maximum absolute atomic E-state index is 11.4.